The molecule has 5 nitrogen and oxygen atoms in total. The highest BCUT2D eigenvalue weighted by atomic mass is 32.1. The molecule has 0 aliphatic rings. The average molecular weight is 306 g/mol. The quantitative estimate of drug-likeness (QED) is 0.857. The van der Waals surface area contributed by atoms with Crippen LogP contribution in [-0.4, -0.2) is 23.1 Å². The van der Waals surface area contributed by atoms with E-state index in [4.69, 9.17) is 4.74 Å². The second-order valence-corrected chi connectivity index (χ2v) is 5.67. The van der Waals surface area contributed by atoms with Crippen molar-refractivity contribution in [3.8, 4) is 5.75 Å². The minimum absolute atomic E-state index is 0.324. The molecule has 0 spiro atoms. The van der Waals surface area contributed by atoms with Gasteiger partial charge in [0.15, 0.2) is 6.10 Å². The topological polar surface area (TPSA) is 71.5 Å². The second-order valence-electron chi connectivity index (χ2n) is 4.47. The summed E-state index contributed by atoms with van der Waals surface area (Å²) in [5.41, 5.74) is 0.500. The van der Waals surface area contributed by atoms with Gasteiger partial charge in [-0.25, -0.2) is 4.98 Å². The van der Waals surface area contributed by atoms with E-state index in [1.807, 2.05) is 6.20 Å². The van der Waals surface area contributed by atoms with Crippen LogP contribution in [-0.2, 0) is 17.8 Å². The number of ether oxygens (including phenoxy) is 1. The molecule has 1 heterocycles. The van der Waals surface area contributed by atoms with Crippen LogP contribution in [0.25, 0.3) is 0 Å². The van der Waals surface area contributed by atoms with Crippen LogP contribution in [0.3, 0.4) is 0 Å². The molecule has 0 aliphatic heterocycles. The average Bonchev–Trinajstić information content (AvgIpc) is 3.00. The van der Waals surface area contributed by atoms with Crippen molar-refractivity contribution in [3.63, 3.8) is 0 Å². The van der Waals surface area contributed by atoms with Crippen molar-refractivity contribution < 1.29 is 14.6 Å². The lowest BCUT2D eigenvalue weighted by Crippen LogP contribution is -2.28. The highest BCUT2D eigenvalue weighted by molar-refractivity contribution is 7.11. The molecule has 1 unspecified atom stereocenters. The molecule has 0 radical (unpaired) electrons. The standard InChI is InChI=1S/C15H18N2O3S/c1-3-12-8-16-13(21-12)9-17-15(19)14(18)10-5-4-6-11(7-10)20-2/h4-8,14,18H,3,9H2,1-2H3,(H,17,19). The van der Waals surface area contributed by atoms with Gasteiger partial charge < -0.3 is 15.2 Å². The van der Waals surface area contributed by atoms with Crippen LogP contribution in [0, 0.1) is 0 Å². The van der Waals surface area contributed by atoms with Crippen molar-refractivity contribution in [2.45, 2.75) is 26.0 Å². The Kier molecular flexibility index (Phi) is 5.30. The molecular formula is C15H18N2O3S. The minimum Gasteiger partial charge on any atom is -0.497 e. The van der Waals surface area contributed by atoms with E-state index < -0.39 is 12.0 Å². The number of amides is 1. The number of thiazole rings is 1. The van der Waals surface area contributed by atoms with E-state index in [1.165, 1.54) is 4.88 Å². The molecule has 0 aliphatic carbocycles. The third-order valence-electron chi connectivity index (χ3n) is 3.02. The summed E-state index contributed by atoms with van der Waals surface area (Å²) in [6.07, 6.45) is 1.52. The summed E-state index contributed by atoms with van der Waals surface area (Å²) in [6.45, 7) is 2.38. The molecule has 1 atom stereocenters. The number of hydrogen-bond donors (Lipinski definition) is 2. The third-order valence-corrected chi connectivity index (χ3v) is 4.16. The Hall–Kier alpha value is -1.92. The monoisotopic (exact) mass is 306 g/mol. The molecule has 0 saturated heterocycles. The number of aromatic nitrogens is 1. The highest BCUT2D eigenvalue weighted by Crippen LogP contribution is 2.19. The van der Waals surface area contributed by atoms with Crippen LogP contribution in [0.2, 0.25) is 0 Å². The minimum atomic E-state index is -1.22. The van der Waals surface area contributed by atoms with Gasteiger partial charge >= 0.3 is 0 Å². The first-order chi connectivity index (χ1) is 10.1. The number of rotatable bonds is 6. The van der Waals surface area contributed by atoms with E-state index in [-0.39, 0.29) is 0 Å². The molecule has 0 fully saturated rings. The van der Waals surface area contributed by atoms with Crippen molar-refractivity contribution in [1.29, 1.82) is 0 Å². The molecule has 0 saturated carbocycles. The van der Waals surface area contributed by atoms with Gasteiger partial charge in [0.05, 0.1) is 13.7 Å². The molecule has 21 heavy (non-hydrogen) atoms. The number of carbonyl (C=O) groups is 1. The number of carbonyl (C=O) groups excluding carboxylic acids is 1. The molecule has 112 valence electrons. The zero-order valence-corrected chi connectivity index (χ0v) is 12.8. The Labute approximate surface area is 127 Å². The number of benzene rings is 1. The van der Waals surface area contributed by atoms with Gasteiger partial charge in [0, 0.05) is 11.1 Å². The van der Waals surface area contributed by atoms with Crippen LogP contribution in [0.5, 0.6) is 5.75 Å². The van der Waals surface area contributed by atoms with Gasteiger partial charge in [-0.1, -0.05) is 19.1 Å². The summed E-state index contributed by atoms with van der Waals surface area (Å²) in [5, 5.41) is 13.6. The first-order valence-corrected chi connectivity index (χ1v) is 7.49. The summed E-state index contributed by atoms with van der Waals surface area (Å²) in [7, 11) is 1.54. The predicted octanol–water partition coefficient (Wildman–Crippen LogP) is 2.06. The smallest absolute Gasteiger partial charge is 0.253 e. The van der Waals surface area contributed by atoms with E-state index in [0.29, 0.717) is 17.9 Å². The summed E-state index contributed by atoms with van der Waals surface area (Å²) >= 11 is 1.56. The fourth-order valence-corrected chi connectivity index (χ4v) is 2.62. The first kappa shape index (κ1) is 15.5. The molecule has 2 rings (SSSR count). The fourth-order valence-electron chi connectivity index (χ4n) is 1.82. The fraction of sp³-hybridized carbons (Fsp3) is 0.333. The summed E-state index contributed by atoms with van der Waals surface area (Å²) in [6, 6.07) is 6.82. The lowest BCUT2D eigenvalue weighted by atomic mass is 10.1. The molecule has 1 aromatic heterocycles. The molecule has 1 amide bonds. The Balaban J connectivity index is 1.95. The Bertz CT molecular complexity index is 612. The maximum atomic E-state index is 12.0. The number of hydrogen-bond acceptors (Lipinski definition) is 5. The van der Waals surface area contributed by atoms with Crippen LogP contribution < -0.4 is 10.1 Å². The molecule has 0 bridgehead atoms. The Morgan fingerprint density at radius 1 is 1.52 bits per heavy atom. The van der Waals surface area contributed by atoms with Crippen LogP contribution in [0.1, 0.15) is 28.5 Å². The van der Waals surface area contributed by atoms with Crippen molar-refractivity contribution in [2.24, 2.45) is 0 Å². The van der Waals surface area contributed by atoms with Gasteiger partial charge in [0.25, 0.3) is 5.91 Å². The van der Waals surface area contributed by atoms with Crippen LogP contribution >= 0.6 is 11.3 Å². The lowest BCUT2D eigenvalue weighted by molar-refractivity contribution is -0.129. The molecule has 6 heteroatoms. The van der Waals surface area contributed by atoms with E-state index in [0.717, 1.165) is 11.4 Å². The van der Waals surface area contributed by atoms with Crippen molar-refractivity contribution in [2.75, 3.05) is 7.11 Å². The van der Waals surface area contributed by atoms with Gasteiger partial charge in [-0.3, -0.25) is 4.79 Å². The maximum Gasteiger partial charge on any atom is 0.253 e. The second kappa shape index (κ2) is 7.19. The number of nitrogens with zero attached hydrogens (tertiary/aromatic N) is 1. The number of aliphatic hydroxyl groups excluding tert-OH is 1. The van der Waals surface area contributed by atoms with Gasteiger partial charge in [-0.2, -0.15) is 0 Å². The number of nitrogens with one attached hydrogen (secondary N) is 1. The first-order valence-electron chi connectivity index (χ1n) is 6.67. The maximum absolute atomic E-state index is 12.0. The number of aryl methyl sites for hydroxylation is 1. The summed E-state index contributed by atoms with van der Waals surface area (Å²) in [4.78, 5) is 17.4. The zero-order chi connectivity index (χ0) is 15.2. The molecular weight excluding hydrogens is 288 g/mol. The number of methoxy groups -OCH3 is 1. The van der Waals surface area contributed by atoms with Crippen LogP contribution in [0.15, 0.2) is 30.5 Å². The molecule has 1 aromatic carbocycles. The molecule has 2 aromatic rings. The molecule has 2 N–H and O–H groups in total. The summed E-state index contributed by atoms with van der Waals surface area (Å²) < 4.78 is 5.08. The van der Waals surface area contributed by atoms with E-state index >= 15 is 0 Å². The van der Waals surface area contributed by atoms with Gasteiger partial charge in [0.2, 0.25) is 0 Å². The van der Waals surface area contributed by atoms with Crippen molar-refractivity contribution in [1.82, 2.24) is 10.3 Å². The van der Waals surface area contributed by atoms with Crippen molar-refractivity contribution >= 4 is 17.2 Å². The summed E-state index contributed by atoms with van der Waals surface area (Å²) in [5.74, 6) is 0.156. The van der Waals surface area contributed by atoms with E-state index in [1.54, 1.807) is 42.7 Å². The zero-order valence-electron chi connectivity index (χ0n) is 12.0. The Morgan fingerprint density at radius 3 is 3.00 bits per heavy atom. The van der Waals surface area contributed by atoms with Gasteiger partial charge in [0.1, 0.15) is 10.8 Å². The van der Waals surface area contributed by atoms with Crippen molar-refractivity contribution in [3.05, 3.63) is 45.9 Å². The predicted molar refractivity (Wildman–Crippen MR) is 81.3 cm³/mol. The van der Waals surface area contributed by atoms with Gasteiger partial charge in [-0.15, -0.1) is 11.3 Å². The van der Waals surface area contributed by atoms with E-state index in [9.17, 15) is 9.90 Å². The SMILES string of the molecule is CCc1cnc(CNC(=O)C(O)c2cccc(OC)c2)s1. The number of aliphatic hydroxyl groups is 1. The van der Waals surface area contributed by atoms with Gasteiger partial charge in [-0.05, 0) is 24.1 Å². The lowest BCUT2D eigenvalue weighted by Gasteiger charge is -2.12. The highest BCUT2D eigenvalue weighted by Gasteiger charge is 2.17. The Morgan fingerprint density at radius 2 is 2.33 bits per heavy atom. The normalized spacial score (nSPS) is 12.0. The van der Waals surface area contributed by atoms with E-state index in [2.05, 4.69) is 17.2 Å². The largest absolute Gasteiger partial charge is 0.497 e. The third kappa shape index (κ3) is 4.03. The van der Waals surface area contributed by atoms with Crippen LogP contribution in [0.4, 0.5) is 0 Å².